The summed E-state index contributed by atoms with van der Waals surface area (Å²) >= 11 is 12.0. The molecule has 220 valence electrons. The Labute approximate surface area is 239 Å². The number of hydrogen-bond acceptors (Lipinski definition) is 7. The van der Waals surface area contributed by atoms with E-state index in [1.807, 2.05) is 32.9 Å². The Bertz CT molecular complexity index is 900. The van der Waals surface area contributed by atoms with E-state index in [-0.39, 0.29) is 12.3 Å². The fourth-order valence-corrected chi connectivity index (χ4v) is 6.51. The third-order valence-electron chi connectivity index (χ3n) is 5.72. The number of alkyl halides is 2. The van der Waals surface area contributed by atoms with Crippen LogP contribution in [0.5, 0.6) is 0 Å². The molecule has 1 N–H and O–H groups in total. The van der Waals surface area contributed by atoms with Crippen LogP contribution in [-0.4, -0.2) is 74.1 Å². The second kappa shape index (κ2) is 16.3. The van der Waals surface area contributed by atoms with Crippen LogP contribution < -0.4 is 10.2 Å². The van der Waals surface area contributed by atoms with Crippen LogP contribution in [0.15, 0.2) is 18.2 Å². The van der Waals surface area contributed by atoms with Gasteiger partial charge < -0.3 is 24.4 Å². The molecule has 0 aliphatic heterocycles. The van der Waals surface area contributed by atoms with E-state index >= 15 is 0 Å². The molecule has 1 unspecified atom stereocenters. The molecule has 2 atom stereocenters. The predicted octanol–water partition coefficient (Wildman–Crippen LogP) is 6.78. The summed E-state index contributed by atoms with van der Waals surface area (Å²) in [6.45, 7) is 16.4. The highest BCUT2D eigenvalue weighted by molar-refractivity contribution is 7.59. The van der Waals surface area contributed by atoms with Gasteiger partial charge in [0, 0.05) is 69.0 Å². The molecule has 1 aromatic rings. The summed E-state index contributed by atoms with van der Waals surface area (Å²) in [4.78, 5) is 14.9. The number of rotatable bonds is 17. The predicted molar refractivity (Wildman–Crippen MR) is 157 cm³/mol. The van der Waals surface area contributed by atoms with Crippen molar-refractivity contribution in [3.05, 3.63) is 29.3 Å². The molecule has 0 spiro atoms. The number of halogens is 2. The Morgan fingerprint density at radius 3 is 2.11 bits per heavy atom. The number of nitrogens with one attached hydrogen (secondary N) is 1. The summed E-state index contributed by atoms with van der Waals surface area (Å²) in [6, 6.07) is 5.60. The van der Waals surface area contributed by atoms with Gasteiger partial charge in [-0.15, -0.1) is 23.2 Å². The minimum Gasteiger partial charge on any atom is -0.444 e. The van der Waals surface area contributed by atoms with Crippen LogP contribution in [0.1, 0.15) is 59.6 Å². The Balaban J connectivity index is 3.36. The number of ether oxygens (including phenoxy) is 3. The van der Waals surface area contributed by atoms with Gasteiger partial charge in [-0.1, -0.05) is 13.0 Å². The zero-order valence-corrected chi connectivity index (χ0v) is 26.7. The van der Waals surface area contributed by atoms with Gasteiger partial charge in [0.05, 0.1) is 0 Å². The quantitative estimate of drug-likeness (QED) is 0.120. The Morgan fingerprint density at radius 2 is 1.63 bits per heavy atom. The Kier molecular flexibility index (Phi) is 15.0. The lowest BCUT2D eigenvalue weighted by atomic mass is 10.0. The first-order valence-corrected chi connectivity index (χ1v) is 16.3. The molecular weight excluding hydrogens is 550 g/mol. The van der Waals surface area contributed by atoms with Gasteiger partial charge in [-0.05, 0) is 71.2 Å². The first kappa shape index (κ1) is 35.0. The van der Waals surface area contributed by atoms with Crippen LogP contribution in [0.3, 0.4) is 0 Å². The molecule has 0 aromatic heterocycles. The van der Waals surface area contributed by atoms with Gasteiger partial charge in [0.2, 0.25) is 7.37 Å². The third kappa shape index (κ3) is 12.4. The largest absolute Gasteiger partial charge is 0.444 e. The van der Waals surface area contributed by atoms with Gasteiger partial charge >= 0.3 is 6.09 Å². The van der Waals surface area contributed by atoms with Crippen molar-refractivity contribution < 1.29 is 28.1 Å². The summed E-state index contributed by atoms with van der Waals surface area (Å²) in [5.41, 5.74) is 2.35. The third-order valence-corrected chi connectivity index (χ3v) is 8.68. The van der Waals surface area contributed by atoms with E-state index in [9.17, 15) is 9.36 Å². The number of hydrogen-bond donors (Lipinski definition) is 1. The van der Waals surface area contributed by atoms with E-state index in [1.54, 1.807) is 34.6 Å². The standard InChI is InChI=1S/C27H47Cl2N2O6P/c1-9-34-27(8,35-10-2)37-38(33,11-3)20-23(30-25(32)36-26(5,6)7)18-22-19-24(13-12-21(22)4)31(16-14-28)17-15-29/h12-13,19,23H,9-11,14-18,20H2,1-8H3,(H,30,32)/t23-,38?/m1/s1. The molecule has 0 saturated carbocycles. The summed E-state index contributed by atoms with van der Waals surface area (Å²) in [5.74, 6) is -0.512. The average molecular weight is 598 g/mol. The highest BCUT2D eigenvalue weighted by Gasteiger charge is 2.38. The molecule has 1 rings (SSSR count). The van der Waals surface area contributed by atoms with E-state index in [2.05, 4.69) is 16.3 Å². The zero-order chi connectivity index (χ0) is 29.0. The molecule has 0 heterocycles. The molecule has 0 bridgehead atoms. The number of alkyl carbamates (subject to hydrolysis) is 1. The zero-order valence-electron chi connectivity index (χ0n) is 24.3. The fraction of sp³-hybridized carbons (Fsp3) is 0.741. The maximum atomic E-state index is 14.0. The summed E-state index contributed by atoms with van der Waals surface area (Å²) in [5, 5.41) is 2.94. The molecule has 0 radical (unpaired) electrons. The van der Waals surface area contributed by atoms with E-state index in [1.165, 1.54) is 0 Å². The lowest BCUT2D eigenvalue weighted by molar-refractivity contribution is -0.328. The first-order valence-electron chi connectivity index (χ1n) is 13.3. The fourth-order valence-electron chi connectivity index (χ4n) is 4.04. The highest BCUT2D eigenvalue weighted by atomic mass is 35.5. The maximum Gasteiger partial charge on any atom is 0.407 e. The second-order valence-corrected chi connectivity index (χ2v) is 13.7. The molecule has 0 aliphatic carbocycles. The number of carbonyl (C=O) groups is 1. The van der Waals surface area contributed by atoms with Crippen LogP contribution in [0.25, 0.3) is 0 Å². The van der Waals surface area contributed by atoms with Crippen molar-refractivity contribution in [2.75, 3.05) is 55.3 Å². The summed E-state index contributed by atoms with van der Waals surface area (Å²) in [6.07, 6.45) is 0.159. The van der Waals surface area contributed by atoms with Crippen molar-refractivity contribution >= 4 is 42.4 Å². The van der Waals surface area contributed by atoms with Gasteiger partial charge in [-0.3, -0.25) is 9.09 Å². The first-order chi connectivity index (χ1) is 17.7. The molecule has 0 fully saturated rings. The average Bonchev–Trinajstić information content (AvgIpc) is 2.79. The van der Waals surface area contributed by atoms with Crippen LogP contribution in [-0.2, 0) is 29.7 Å². The summed E-state index contributed by atoms with van der Waals surface area (Å²) in [7, 11) is -3.31. The second-order valence-electron chi connectivity index (χ2n) is 10.2. The number of amides is 1. The van der Waals surface area contributed by atoms with E-state index < -0.39 is 31.1 Å². The molecule has 38 heavy (non-hydrogen) atoms. The summed E-state index contributed by atoms with van der Waals surface area (Å²) < 4.78 is 36.9. The highest BCUT2D eigenvalue weighted by Crippen LogP contribution is 2.51. The molecular formula is C27H47Cl2N2O6P. The van der Waals surface area contributed by atoms with Crippen molar-refractivity contribution in [2.45, 2.75) is 79.4 Å². The molecule has 0 saturated heterocycles. The SMILES string of the molecule is CCOC(C)(OCC)OP(=O)(CC)C[C@@H](Cc1cc(N(CCCl)CCCl)ccc1C)NC(=O)OC(C)(C)C. The molecule has 0 aliphatic rings. The monoisotopic (exact) mass is 596 g/mol. The van der Waals surface area contributed by atoms with Gasteiger partial charge in [0.15, 0.2) is 0 Å². The molecule has 1 aromatic carbocycles. The lowest BCUT2D eigenvalue weighted by Gasteiger charge is -2.34. The van der Waals surface area contributed by atoms with Crippen LogP contribution in [0.2, 0.25) is 0 Å². The maximum absolute atomic E-state index is 14.0. The minimum absolute atomic E-state index is 0.0786. The van der Waals surface area contributed by atoms with Gasteiger partial charge in [-0.25, -0.2) is 4.79 Å². The number of anilines is 1. The van der Waals surface area contributed by atoms with Gasteiger partial charge in [0.25, 0.3) is 5.97 Å². The van der Waals surface area contributed by atoms with Crippen LogP contribution >= 0.6 is 30.6 Å². The van der Waals surface area contributed by atoms with Gasteiger partial charge in [0.1, 0.15) is 5.60 Å². The van der Waals surface area contributed by atoms with Crippen LogP contribution in [0.4, 0.5) is 10.5 Å². The molecule has 11 heteroatoms. The lowest BCUT2D eigenvalue weighted by Crippen LogP contribution is -2.43. The van der Waals surface area contributed by atoms with Crippen LogP contribution in [0, 0.1) is 6.92 Å². The van der Waals surface area contributed by atoms with Crippen molar-refractivity contribution in [3.63, 3.8) is 0 Å². The van der Waals surface area contributed by atoms with E-state index in [0.29, 0.717) is 44.5 Å². The van der Waals surface area contributed by atoms with Crippen molar-refractivity contribution in [1.29, 1.82) is 0 Å². The van der Waals surface area contributed by atoms with Crippen molar-refractivity contribution in [3.8, 4) is 0 Å². The molecule has 8 nitrogen and oxygen atoms in total. The number of benzene rings is 1. The van der Waals surface area contributed by atoms with Crippen molar-refractivity contribution in [2.24, 2.45) is 0 Å². The topological polar surface area (TPSA) is 86.3 Å². The van der Waals surface area contributed by atoms with E-state index in [0.717, 1.165) is 16.8 Å². The number of nitrogens with zero attached hydrogens (tertiary/aromatic N) is 1. The minimum atomic E-state index is -3.31. The molecule has 1 amide bonds. The smallest absolute Gasteiger partial charge is 0.407 e. The Morgan fingerprint density at radius 1 is 1.05 bits per heavy atom. The van der Waals surface area contributed by atoms with Gasteiger partial charge in [-0.2, -0.15) is 0 Å². The Hall–Kier alpha value is -1.02. The van der Waals surface area contributed by atoms with Crippen molar-refractivity contribution in [1.82, 2.24) is 5.32 Å². The van der Waals surface area contributed by atoms with E-state index in [4.69, 9.17) is 41.9 Å². The number of aryl methyl sites for hydroxylation is 1. The normalized spacial score (nSPS) is 14.6. The number of carbonyl (C=O) groups excluding carboxylic acids is 1.